The second kappa shape index (κ2) is 12.7. The van der Waals surface area contributed by atoms with E-state index >= 15 is 0 Å². The molecule has 4 aromatic rings. The lowest BCUT2D eigenvalue weighted by Gasteiger charge is -2.28. The Morgan fingerprint density at radius 3 is 2.76 bits per heavy atom. The minimum absolute atomic E-state index is 0.0637. The van der Waals surface area contributed by atoms with Crippen LogP contribution in [0.4, 0.5) is 20.6 Å². The number of nitrogens with one attached hydrogen (secondary N) is 3. The molecule has 10 nitrogen and oxygen atoms in total. The van der Waals surface area contributed by atoms with E-state index in [2.05, 4.69) is 20.6 Å². The lowest BCUT2D eigenvalue weighted by Crippen LogP contribution is -2.33. The summed E-state index contributed by atoms with van der Waals surface area (Å²) in [7, 11) is 1.71. The molecule has 0 saturated heterocycles. The minimum atomic E-state index is -0.837. The molecule has 0 saturated carbocycles. The van der Waals surface area contributed by atoms with E-state index in [4.69, 9.17) is 16.3 Å². The van der Waals surface area contributed by atoms with Gasteiger partial charge in [0.05, 0.1) is 39.1 Å². The zero-order valence-corrected chi connectivity index (χ0v) is 25.2. The molecular weight excluding hydrogens is 601 g/mol. The summed E-state index contributed by atoms with van der Waals surface area (Å²) in [5, 5.41) is 6.23. The number of fused-ring (bicyclic) bond motifs is 6. The van der Waals surface area contributed by atoms with Gasteiger partial charge < -0.3 is 19.9 Å². The smallest absolute Gasteiger partial charge is 0.412 e. The fourth-order valence-electron chi connectivity index (χ4n) is 6.01. The molecule has 232 valence electrons. The van der Waals surface area contributed by atoms with Gasteiger partial charge in [0.1, 0.15) is 6.10 Å². The van der Waals surface area contributed by atoms with Crippen LogP contribution in [0, 0.1) is 5.82 Å². The van der Waals surface area contributed by atoms with Gasteiger partial charge in [0.15, 0.2) is 5.82 Å². The van der Waals surface area contributed by atoms with Crippen molar-refractivity contribution >= 4 is 51.8 Å². The van der Waals surface area contributed by atoms with E-state index < -0.39 is 23.9 Å². The summed E-state index contributed by atoms with van der Waals surface area (Å²) in [5.41, 5.74) is 3.57. The number of H-pyrrole nitrogens is 1. The molecule has 0 spiro atoms. The van der Waals surface area contributed by atoms with Gasteiger partial charge in [-0.1, -0.05) is 18.0 Å². The number of carbonyl (C=O) groups excluding carboxylic acids is 3. The maximum Gasteiger partial charge on any atom is 0.412 e. The minimum Gasteiger partial charge on any atom is -0.441 e. The number of anilines is 2. The second-order valence-corrected chi connectivity index (χ2v) is 11.8. The number of carbonyl (C=O) groups is 3. The third-order valence-electron chi connectivity index (χ3n) is 8.31. The van der Waals surface area contributed by atoms with Crippen molar-refractivity contribution in [2.45, 2.75) is 50.5 Å². The molecule has 2 atom stereocenters. The first-order chi connectivity index (χ1) is 21.7. The molecule has 0 aliphatic carbocycles. The Bertz CT molecular complexity index is 1880. The highest BCUT2D eigenvalue weighted by Gasteiger charge is 2.31. The van der Waals surface area contributed by atoms with Gasteiger partial charge in [0.2, 0.25) is 17.4 Å². The Labute approximate surface area is 262 Å². The first-order valence-electron chi connectivity index (χ1n) is 14.8. The Kier molecular flexibility index (Phi) is 8.53. The number of rotatable bonds is 5. The Hall–Kier alpha value is -4.77. The van der Waals surface area contributed by atoms with Gasteiger partial charge >= 0.3 is 6.09 Å². The number of cyclic esters (lactones) is 1. The third-order valence-corrected chi connectivity index (χ3v) is 8.60. The highest BCUT2D eigenvalue weighted by Crippen LogP contribution is 2.39. The first kappa shape index (κ1) is 30.3. The zero-order chi connectivity index (χ0) is 31.7. The monoisotopic (exact) mass is 631 g/mol. The Balaban J connectivity index is 1.24. The number of aromatic amines is 1. The summed E-state index contributed by atoms with van der Waals surface area (Å²) < 4.78 is 20.2. The second-order valence-electron chi connectivity index (χ2n) is 11.4. The Morgan fingerprint density at radius 2 is 1.91 bits per heavy atom. The van der Waals surface area contributed by atoms with Crippen LogP contribution in [0.1, 0.15) is 61.8 Å². The van der Waals surface area contributed by atoms with Crippen molar-refractivity contribution in [3.63, 3.8) is 0 Å². The molecule has 2 bridgehead atoms. The first-order valence-corrected chi connectivity index (χ1v) is 15.2. The van der Waals surface area contributed by atoms with Gasteiger partial charge in [0.25, 0.3) is 0 Å². The average molecular weight is 632 g/mol. The number of nitrogens with zero attached hydrogens (tertiary/aromatic N) is 2. The number of likely N-dealkylation sites (N-methyl/N-ethyl adjacent to an activating group) is 1. The van der Waals surface area contributed by atoms with E-state index in [0.29, 0.717) is 61.2 Å². The van der Waals surface area contributed by atoms with E-state index in [9.17, 15) is 23.6 Å². The fourth-order valence-corrected chi connectivity index (χ4v) is 6.17. The number of aromatic nitrogens is 2. The quantitative estimate of drug-likeness (QED) is 0.230. The fraction of sp³-hybridized carbons (Fsp3) is 0.303. The molecular formula is C33H31ClFN5O5. The van der Waals surface area contributed by atoms with Crippen molar-refractivity contribution in [2.75, 3.05) is 24.2 Å². The van der Waals surface area contributed by atoms with Crippen LogP contribution in [-0.4, -0.2) is 46.4 Å². The Morgan fingerprint density at radius 1 is 1.07 bits per heavy atom. The predicted octanol–water partition coefficient (Wildman–Crippen LogP) is 6.52. The van der Waals surface area contributed by atoms with Gasteiger partial charge in [-0.15, -0.1) is 0 Å². The van der Waals surface area contributed by atoms with Crippen LogP contribution >= 0.6 is 11.6 Å². The van der Waals surface area contributed by atoms with Crippen molar-refractivity contribution in [3.05, 3.63) is 87.2 Å². The molecule has 12 heteroatoms. The van der Waals surface area contributed by atoms with Gasteiger partial charge in [-0.05, 0) is 79.1 Å². The summed E-state index contributed by atoms with van der Waals surface area (Å²) in [6, 6.07) is 13.4. The van der Waals surface area contributed by atoms with Crippen molar-refractivity contribution in [3.8, 4) is 11.1 Å². The summed E-state index contributed by atoms with van der Waals surface area (Å²) >= 11 is 5.98. The molecule has 3 N–H and O–H groups in total. The summed E-state index contributed by atoms with van der Waals surface area (Å²) in [6.07, 6.45) is 2.86. The third kappa shape index (κ3) is 6.39. The number of pyridine rings is 2. The summed E-state index contributed by atoms with van der Waals surface area (Å²) in [5.74, 6) is -1.47. The SMILES string of the molecule is CN(CCC[C@H]1OC(=O)Nc2ccc(Cl)c(F)c21)C(=O)C1CCCCC(=O)Nc2cc3[nH]c(=O)ccc3cc2-c2ccnc1c2. The molecule has 2 aromatic carbocycles. The number of amides is 3. The number of halogens is 2. The van der Waals surface area contributed by atoms with E-state index in [-0.39, 0.29) is 34.4 Å². The lowest BCUT2D eigenvalue weighted by molar-refractivity contribution is -0.132. The molecule has 6 rings (SSSR count). The normalized spacial score (nSPS) is 17.9. The molecule has 45 heavy (non-hydrogen) atoms. The van der Waals surface area contributed by atoms with Crippen LogP contribution < -0.4 is 16.2 Å². The number of benzene rings is 2. The molecule has 4 heterocycles. The number of hydrogen-bond acceptors (Lipinski definition) is 6. The van der Waals surface area contributed by atoms with Crippen LogP contribution in [0.25, 0.3) is 22.0 Å². The van der Waals surface area contributed by atoms with Gasteiger partial charge in [-0.3, -0.25) is 24.7 Å². The molecule has 2 aromatic heterocycles. The number of ether oxygens (including phenoxy) is 1. The van der Waals surface area contributed by atoms with Crippen molar-refractivity contribution in [2.24, 2.45) is 0 Å². The van der Waals surface area contributed by atoms with E-state index in [1.54, 1.807) is 36.3 Å². The molecule has 2 aliphatic heterocycles. The molecule has 0 fully saturated rings. The number of hydrogen-bond donors (Lipinski definition) is 3. The van der Waals surface area contributed by atoms with Crippen molar-refractivity contribution in [1.82, 2.24) is 14.9 Å². The highest BCUT2D eigenvalue weighted by molar-refractivity contribution is 6.31. The maximum absolute atomic E-state index is 14.8. The molecule has 2 aliphatic rings. The van der Waals surface area contributed by atoms with Crippen LogP contribution in [0.5, 0.6) is 0 Å². The highest BCUT2D eigenvalue weighted by atomic mass is 35.5. The predicted molar refractivity (Wildman–Crippen MR) is 169 cm³/mol. The van der Waals surface area contributed by atoms with Crippen molar-refractivity contribution < 1.29 is 23.5 Å². The standard InChI is InChI=1S/C33H31ClFN5O5/c1-40(14-4-6-27-30-23(39-33(44)45-27)10-9-22(34)31(30)35)32(43)20-5-2-3-7-28(41)38-26-17-24-19(8-11-29(42)37-24)15-21(26)18-12-13-36-25(20)16-18/h8-13,15-17,20,27H,2-7,14H2,1H3,(H,37,42)(H,38,41)(H,39,44)/t20?,27-/m1/s1. The molecule has 1 unspecified atom stereocenters. The van der Waals surface area contributed by atoms with Gasteiger partial charge in [-0.25, -0.2) is 9.18 Å². The molecule has 0 radical (unpaired) electrons. The van der Waals surface area contributed by atoms with E-state index in [1.165, 1.54) is 12.1 Å². The topological polar surface area (TPSA) is 133 Å². The van der Waals surface area contributed by atoms with Crippen LogP contribution in [-0.2, 0) is 14.3 Å². The van der Waals surface area contributed by atoms with Crippen molar-refractivity contribution in [1.29, 1.82) is 0 Å². The average Bonchev–Trinajstić information content (AvgIpc) is 3.01. The molecule has 3 amide bonds. The van der Waals surface area contributed by atoms with E-state index in [1.807, 2.05) is 18.2 Å². The van der Waals surface area contributed by atoms with Crippen LogP contribution in [0.15, 0.2) is 59.5 Å². The lowest BCUT2D eigenvalue weighted by atomic mass is 9.92. The summed E-state index contributed by atoms with van der Waals surface area (Å²) in [6.45, 7) is 0.337. The van der Waals surface area contributed by atoms with E-state index in [0.717, 1.165) is 16.5 Å². The zero-order valence-electron chi connectivity index (χ0n) is 24.5. The van der Waals surface area contributed by atoms with Gasteiger partial charge in [0, 0.05) is 37.8 Å². The maximum atomic E-state index is 14.8. The van der Waals surface area contributed by atoms with Crippen LogP contribution in [0.3, 0.4) is 0 Å². The van der Waals surface area contributed by atoms with Crippen LogP contribution in [0.2, 0.25) is 5.02 Å². The largest absolute Gasteiger partial charge is 0.441 e. The van der Waals surface area contributed by atoms with Gasteiger partial charge in [-0.2, -0.15) is 0 Å². The summed E-state index contributed by atoms with van der Waals surface area (Å²) in [4.78, 5) is 59.7.